The molecule has 1 aromatic rings. The summed E-state index contributed by atoms with van der Waals surface area (Å²) in [5.74, 6) is -2.77. The Balaban J connectivity index is 0.00000161. The smallest absolute Gasteiger partial charge is 0.262 e. The third kappa shape index (κ3) is 3.52. The maximum Gasteiger partial charge on any atom is 0.262 e. The molecule has 0 saturated carbocycles. The SMILES string of the molecule is Cl.O=C(NCC1CCc2ccccc21)C1CC(F)(F)CN1. The van der Waals surface area contributed by atoms with Gasteiger partial charge < -0.3 is 5.32 Å². The Morgan fingerprint density at radius 3 is 2.86 bits per heavy atom. The van der Waals surface area contributed by atoms with Crippen LogP contribution in [0.2, 0.25) is 0 Å². The predicted molar refractivity (Wildman–Crippen MR) is 79.1 cm³/mol. The maximum absolute atomic E-state index is 13.1. The zero-order chi connectivity index (χ0) is 14.2. The summed E-state index contributed by atoms with van der Waals surface area (Å²) in [5, 5.41) is 5.39. The largest absolute Gasteiger partial charge is 0.354 e. The summed E-state index contributed by atoms with van der Waals surface area (Å²) >= 11 is 0. The van der Waals surface area contributed by atoms with Crippen molar-refractivity contribution in [2.45, 2.75) is 37.1 Å². The van der Waals surface area contributed by atoms with E-state index < -0.39 is 24.9 Å². The third-order valence-corrected chi connectivity index (χ3v) is 4.21. The van der Waals surface area contributed by atoms with E-state index in [-0.39, 0.29) is 18.3 Å². The molecule has 2 unspecified atom stereocenters. The molecule has 0 spiro atoms. The molecule has 1 heterocycles. The van der Waals surface area contributed by atoms with Crippen LogP contribution in [-0.2, 0) is 11.2 Å². The summed E-state index contributed by atoms with van der Waals surface area (Å²) in [6.45, 7) is 0.122. The van der Waals surface area contributed by atoms with E-state index in [0.29, 0.717) is 12.5 Å². The monoisotopic (exact) mass is 316 g/mol. The Hall–Kier alpha value is -1.20. The average molecular weight is 317 g/mol. The number of hydrogen-bond donors (Lipinski definition) is 2. The maximum atomic E-state index is 13.1. The van der Waals surface area contributed by atoms with E-state index in [0.717, 1.165) is 12.8 Å². The fraction of sp³-hybridized carbons (Fsp3) is 0.533. The van der Waals surface area contributed by atoms with Gasteiger partial charge in [0.15, 0.2) is 0 Å². The highest BCUT2D eigenvalue weighted by Gasteiger charge is 2.42. The lowest BCUT2D eigenvalue weighted by molar-refractivity contribution is -0.123. The minimum absolute atomic E-state index is 0. The molecule has 1 aliphatic heterocycles. The summed E-state index contributed by atoms with van der Waals surface area (Å²) in [6, 6.07) is 7.45. The molecule has 3 rings (SSSR count). The van der Waals surface area contributed by atoms with Crippen LogP contribution >= 0.6 is 12.4 Å². The number of amides is 1. The van der Waals surface area contributed by atoms with Crippen molar-refractivity contribution in [3.05, 3.63) is 35.4 Å². The van der Waals surface area contributed by atoms with E-state index in [1.165, 1.54) is 11.1 Å². The van der Waals surface area contributed by atoms with E-state index in [1.54, 1.807) is 0 Å². The molecule has 1 saturated heterocycles. The van der Waals surface area contributed by atoms with Crippen LogP contribution in [0, 0.1) is 0 Å². The number of fused-ring (bicyclic) bond motifs is 1. The normalized spacial score (nSPS) is 26.0. The standard InChI is InChI=1S/C15H18F2N2O.ClH/c16-15(17)7-13(19-9-15)14(20)18-8-11-6-5-10-3-1-2-4-12(10)11;/h1-4,11,13,19H,5-9H2,(H,18,20);1H. The van der Waals surface area contributed by atoms with Gasteiger partial charge in [-0.25, -0.2) is 8.78 Å². The molecule has 0 bridgehead atoms. The van der Waals surface area contributed by atoms with Gasteiger partial charge >= 0.3 is 0 Å². The van der Waals surface area contributed by atoms with Gasteiger partial charge in [0, 0.05) is 18.9 Å². The number of carbonyl (C=O) groups is 1. The molecule has 21 heavy (non-hydrogen) atoms. The van der Waals surface area contributed by atoms with Gasteiger partial charge in [-0.1, -0.05) is 24.3 Å². The first-order chi connectivity index (χ1) is 9.55. The van der Waals surface area contributed by atoms with Crippen LogP contribution in [0.15, 0.2) is 24.3 Å². The Kier molecular flexibility index (Phi) is 4.84. The lowest BCUT2D eigenvalue weighted by Crippen LogP contribution is -2.41. The first kappa shape index (κ1) is 16.2. The van der Waals surface area contributed by atoms with Crippen molar-refractivity contribution in [1.82, 2.24) is 10.6 Å². The van der Waals surface area contributed by atoms with Crippen LogP contribution in [0.5, 0.6) is 0 Å². The van der Waals surface area contributed by atoms with Gasteiger partial charge in [0.25, 0.3) is 5.92 Å². The van der Waals surface area contributed by atoms with Crippen molar-refractivity contribution in [3.8, 4) is 0 Å². The molecule has 1 amide bonds. The highest BCUT2D eigenvalue weighted by molar-refractivity contribution is 5.85. The second kappa shape index (κ2) is 6.28. The van der Waals surface area contributed by atoms with Crippen LogP contribution in [0.25, 0.3) is 0 Å². The lowest BCUT2D eigenvalue weighted by atomic mass is 10.0. The average Bonchev–Trinajstić information content (AvgIpc) is 2.99. The van der Waals surface area contributed by atoms with Crippen LogP contribution in [-0.4, -0.2) is 31.0 Å². The van der Waals surface area contributed by atoms with Gasteiger partial charge in [0.1, 0.15) is 0 Å². The minimum Gasteiger partial charge on any atom is -0.354 e. The number of benzene rings is 1. The van der Waals surface area contributed by atoms with E-state index in [1.807, 2.05) is 12.1 Å². The topological polar surface area (TPSA) is 41.1 Å². The zero-order valence-corrected chi connectivity index (χ0v) is 12.4. The van der Waals surface area contributed by atoms with E-state index in [4.69, 9.17) is 0 Å². The number of nitrogens with one attached hydrogen (secondary N) is 2. The molecule has 0 radical (unpaired) electrons. The van der Waals surface area contributed by atoms with E-state index in [2.05, 4.69) is 22.8 Å². The van der Waals surface area contributed by atoms with Gasteiger partial charge in [0.2, 0.25) is 5.91 Å². The Bertz CT molecular complexity index is 524. The van der Waals surface area contributed by atoms with Gasteiger partial charge in [0.05, 0.1) is 12.6 Å². The predicted octanol–water partition coefficient (Wildman–Crippen LogP) is 2.25. The number of aryl methyl sites for hydroxylation is 1. The number of alkyl halides is 2. The van der Waals surface area contributed by atoms with E-state index >= 15 is 0 Å². The third-order valence-electron chi connectivity index (χ3n) is 4.21. The molecule has 3 nitrogen and oxygen atoms in total. The van der Waals surface area contributed by atoms with Gasteiger partial charge in [-0.15, -0.1) is 12.4 Å². The molecule has 116 valence electrons. The molecular formula is C15H19ClF2N2O. The molecule has 0 aromatic heterocycles. The first-order valence-electron chi connectivity index (χ1n) is 7.02. The summed E-state index contributed by atoms with van der Waals surface area (Å²) in [4.78, 5) is 11.9. The van der Waals surface area contributed by atoms with Crippen molar-refractivity contribution in [2.24, 2.45) is 0 Å². The van der Waals surface area contributed by atoms with Gasteiger partial charge in [-0.2, -0.15) is 0 Å². The number of hydrogen-bond acceptors (Lipinski definition) is 2. The Labute approximate surface area is 128 Å². The lowest BCUT2D eigenvalue weighted by Gasteiger charge is -2.15. The highest BCUT2D eigenvalue weighted by atomic mass is 35.5. The van der Waals surface area contributed by atoms with Gasteiger partial charge in [-0.3, -0.25) is 10.1 Å². The molecule has 2 atom stereocenters. The fourth-order valence-corrected chi connectivity index (χ4v) is 3.11. The van der Waals surface area contributed by atoms with Crippen molar-refractivity contribution < 1.29 is 13.6 Å². The van der Waals surface area contributed by atoms with Crippen molar-refractivity contribution in [3.63, 3.8) is 0 Å². The zero-order valence-electron chi connectivity index (χ0n) is 11.6. The van der Waals surface area contributed by atoms with Crippen molar-refractivity contribution >= 4 is 18.3 Å². The first-order valence-corrected chi connectivity index (χ1v) is 7.02. The molecule has 2 aliphatic rings. The van der Waals surface area contributed by atoms with Crippen molar-refractivity contribution in [2.75, 3.05) is 13.1 Å². The Morgan fingerprint density at radius 1 is 1.38 bits per heavy atom. The number of carbonyl (C=O) groups excluding carboxylic acids is 1. The summed E-state index contributed by atoms with van der Waals surface area (Å²) in [7, 11) is 0. The Morgan fingerprint density at radius 2 is 2.14 bits per heavy atom. The molecule has 6 heteroatoms. The molecule has 1 aromatic carbocycles. The second-order valence-electron chi connectivity index (χ2n) is 5.67. The molecule has 1 fully saturated rings. The van der Waals surface area contributed by atoms with Crippen LogP contribution in [0.3, 0.4) is 0 Å². The van der Waals surface area contributed by atoms with Crippen LogP contribution < -0.4 is 10.6 Å². The number of halogens is 3. The summed E-state index contributed by atoms with van der Waals surface area (Å²) in [6.07, 6.45) is 1.63. The highest BCUT2D eigenvalue weighted by Crippen LogP contribution is 2.32. The molecule has 1 aliphatic carbocycles. The summed E-state index contributed by atoms with van der Waals surface area (Å²) < 4.78 is 26.1. The van der Waals surface area contributed by atoms with Crippen LogP contribution in [0.4, 0.5) is 8.78 Å². The number of rotatable bonds is 3. The van der Waals surface area contributed by atoms with Crippen LogP contribution in [0.1, 0.15) is 29.9 Å². The fourth-order valence-electron chi connectivity index (χ4n) is 3.11. The second-order valence-corrected chi connectivity index (χ2v) is 5.67. The quantitative estimate of drug-likeness (QED) is 0.898. The molecular weight excluding hydrogens is 298 g/mol. The van der Waals surface area contributed by atoms with Gasteiger partial charge in [-0.05, 0) is 24.0 Å². The molecule has 2 N–H and O–H groups in total. The van der Waals surface area contributed by atoms with Crippen molar-refractivity contribution in [1.29, 1.82) is 0 Å². The van der Waals surface area contributed by atoms with E-state index in [9.17, 15) is 13.6 Å². The summed E-state index contributed by atoms with van der Waals surface area (Å²) in [5.41, 5.74) is 2.61. The minimum atomic E-state index is -2.76.